The van der Waals surface area contributed by atoms with Gasteiger partial charge in [-0.2, -0.15) is 0 Å². The lowest BCUT2D eigenvalue weighted by Crippen LogP contribution is -2.43. The summed E-state index contributed by atoms with van der Waals surface area (Å²) in [7, 11) is 0. The van der Waals surface area contributed by atoms with E-state index in [1.165, 1.54) is 22.3 Å². The molecule has 1 aromatic heterocycles. The number of carbonyl (C=O) groups excluding carboxylic acids is 1. The van der Waals surface area contributed by atoms with Crippen LogP contribution in [0.4, 0.5) is 0 Å². The van der Waals surface area contributed by atoms with Gasteiger partial charge in [-0.15, -0.1) is 0 Å². The van der Waals surface area contributed by atoms with E-state index in [0.717, 1.165) is 50.5 Å². The number of amides is 1. The van der Waals surface area contributed by atoms with Gasteiger partial charge in [0.2, 0.25) is 5.91 Å². The molecule has 1 fully saturated rings. The van der Waals surface area contributed by atoms with Gasteiger partial charge in [-0.1, -0.05) is 54.1 Å². The lowest BCUT2D eigenvalue weighted by Gasteiger charge is -2.29. The number of hydrogen-bond donors (Lipinski definition) is 0. The monoisotopic (exact) mass is 474 g/mol. The molecule has 5 nitrogen and oxygen atoms in total. The predicted octanol–water partition coefficient (Wildman–Crippen LogP) is 5.46. The van der Waals surface area contributed by atoms with Crippen LogP contribution in [0, 0.1) is 20.8 Å². The van der Waals surface area contributed by atoms with Crippen molar-refractivity contribution < 1.29 is 13.9 Å². The van der Waals surface area contributed by atoms with E-state index in [4.69, 9.17) is 9.15 Å². The van der Waals surface area contributed by atoms with Crippen molar-refractivity contribution >= 4 is 5.91 Å². The van der Waals surface area contributed by atoms with Crippen LogP contribution in [0.5, 0.6) is 0 Å². The Hall–Kier alpha value is -2.89. The first kappa shape index (κ1) is 25.2. The van der Waals surface area contributed by atoms with Crippen LogP contribution in [0.25, 0.3) is 0 Å². The molecule has 0 bridgehead atoms. The van der Waals surface area contributed by atoms with E-state index in [1.54, 1.807) is 0 Å². The second-order valence-electron chi connectivity index (χ2n) is 9.80. The summed E-state index contributed by atoms with van der Waals surface area (Å²) < 4.78 is 11.8. The summed E-state index contributed by atoms with van der Waals surface area (Å²) in [6.07, 6.45) is 3.16. The minimum atomic E-state index is 0.123. The Kier molecular flexibility index (Phi) is 8.78. The molecule has 0 radical (unpaired) electrons. The number of hydrogen-bond acceptors (Lipinski definition) is 4. The second-order valence-corrected chi connectivity index (χ2v) is 9.80. The fourth-order valence-corrected chi connectivity index (χ4v) is 4.72. The van der Waals surface area contributed by atoms with Crippen molar-refractivity contribution in [2.24, 2.45) is 0 Å². The maximum Gasteiger partial charge on any atom is 0.237 e. The third kappa shape index (κ3) is 7.55. The van der Waals surface area contributed by atoms with Crippen molar-refractivity contribution in [3.8, 4) is 0 Å². The Morgan fingerprint density at radius 3 is 2.54 bits per heavy atom. The van der Waals surface area contributed by atoms with Gasteiger partial charge in [-0.05, 0) is 68.9 Å². The van der Waals surface area contributed by atoms with Crippen molar-refractivity contribution in [3.63, 3.8) is 0 Å². The topological polar surface area (TPSA) is 45.9 Å². The molecule has 1 aliphatic heterocycles. The van der Waals surface area contributed by atoms with Gasteiger partial charge < -0.3 is 14.1 Å². The third-order valence-corrected chi connectivity index (χ3v) is 6.75. The maximum atomic E-state index is 13.7. The normalized spacial score (nSPS) is 15.6. The number of ether oxygens (including phenoxy) is 1. The molecule has 35 heavy (non-hydrogen) atoms. The number of aryl methyl sites for hydroxylation is 3. The average molecular weight is 475 g/mol. The Morgan fingerprint density at radius 2 is 1.83 bits per heavy atom. The zero-order valence-electron chi connectivity index (χ0n) is 21.3. The van der Waals surface area contributed by atoms with E-state index in [0.29, 0.717) is 19.6 Å². The van der Waals surface area contributed by atoms with Crippen LogP contribution in [-0.2, 0) is 29.0 Å². The van der Waals surface area contributed by atoms with E-state index in [1.807, 2.05) is 42.2 Å². The number of carbonyl (C=O) groups is 1. The highest BCUT2D eigenvalue weighted by atomic mass is 16.5. The molecule has 2 aromatic carbocycles. The summed E-state index contributed by atoms with van der Waals surface area (Å²) in [6, 6.07) is 20.8. The zero-order chi connectivity index (χ0) is 24.6. The Labute approximate surface area is 209 Å². The lowest BCUT2D eigenvalue weighted by atomic mass is 10.0. The summed E-state index contributed by atoms with van der Waals surface area (Å²) in [5.74, 6) is 1.81. The van der Waals surface area contributed by atoms with Crippen LogP contribution in [0.3, 0.4) is 0 Å². The van der Waals surface area contributed by atoms with Crippen LogP contribution in [0.1, 0.15) is 46.6 Å². The first-order valence-corrected chi connectivity index (χ1v) is 12.7. The van der Waals surface area contributed by atoms with E-state index in [2.05, 4.69) is 49.1 Å². The third-order valence-electron chi connectivity index (χ3n) is 6.75. The summed E-state index contributed by atoms with van der Waals surface area (Å²) in [5.41, 5.74) is 5.00. The highest BCUT2D eigenvalue weighted by Gasteiger charge is 2.24. The van der Waals surface area contributed by atoms with Gasteiger partial charge in [-0.3, -0.25) is 9.69 Å². The van der Waals surface area contributed by atoms with Gasteiger partial charge >= 0.3 is 0 Å². The molecule has 1 aliphatic rings. The molecule has 4 rings (SSSR count). The van der Waals surface area contributed by atoms with Crippen molar-refractivity contribution in [2.75, 3.05) is 26.2 Å². The highest BCUT2D eigenvalue weighted by molar-refractivity contribution is 5.78. The van der Waals surface area contributed by atoms with Gasteiger partial charge in [0.05, 0.1) is 19.2 Å². The molecule has 1 saturated heterocycles. The van der Waals surface area contributed by atoms with Gasteiger partial charge in [0.1, 0.15) is 11.5 Å². The second kappa shape index (κ2) is 12.2. The Balaban J connectivity index is 1.49. The smallest absolute Gasteiger partial charge is 0.237 e. The molecule has 5 heteroatoms. The summed E-state index contributed by atoms with van der Waals surface area (Å²) in [6.45, 7) is 10.0. The molecule has 1 atom stereocenters. The SMILES string of the molecule is Cc1ccc(C)c(CN(CC(=O)N(CCc2ccccc2)Cc2ccc(C)o2)CC2CCCO2)c1. The number of nitrogens with zero attached hydrogens (tertiary/aromatic N) is 2. The van der Waals surface area contributed by atoms with Crippen molar-refractivity contribution in [1.82, 2.24) is 9.80 Å². The Morgan fingerprint density at radius 1 is 1.00 bits per heavy atom. The summed E-state index contributed by atoms with van der Waals surface area (Å²) >= 11 is 0. The first-order valence-electron chi connectivity index (χ1n) is 12.7. The van der Waals surface area contributed by atoms with E-state index in [-0.39, 0.29) is 12.0 Å². The minimum Gasteiger partial charge on any atom is -0.464 e. The Bertz CT molecular complexity index is 1090. The summed E-state index contributed by atoms with van der Waals surface area (Å²) in [5, 5.41) is 0. The zero-order valence-corrected chi connectivity index (χ0v) is 21.3. The van der Waals surface area contributed by atoms with Crippen LogP contribution >= 0.6 is 0 Å². The first-order chi connectivity index (χ1) is 17.0. The average Bonchev–Trinajstić information content (AvgIpc) is 3.51. The molecular formula is C30H38N2O3. The molecule has 186 valence electrons. The van der Waals surface area contributed by atoms with Gasteiger partial charge in [-0.25, -0.2) is 0 Å². The van der Waals surface area contributed by atoms with Crippen molar-refractivity contribution in [1.29, 1.82) is 0 Å². The standard InChI is InChI=1S/C30H38N2O3/c1-23-11-12-24(2)27(18-23)19-31(20-28-10-7-17-34-28)22-30(33)32(21-29-14-13-25(3)35-29)16-15-26-8-5-4-6-9-26/h4-6,8-9,11-14,18,28H,7,10,15-17,19-22H2,1-3H3. The van der Waals surface area contributed by atoms with E-state index >= 15 is 0 Å². The highest BCUT2D eigenvalue weighted by Crippen LogP contribution is 2.19. The maximum absolute atomic E-state index is 13.7. The molecule has 2 heterocycles. The van der Waals surface area contributed by atoms with Crippen molar-refractivity contribution in [2.45, 2.75) is 59.2 Å². The molecule has 0 N–H and O–H groups in total. The number of rotatable bonds is 11. The predicted molar refractivity (Wildman–Crippen MR) is 139 cm³/mol. The van der Waals surface area contributed by atoms with Gasteiger partial charge in [0, 0.05) is 26.2 Å². The number of furan rings is 1. The quantitative estimate of drug-likeness (QED) is 0.370. The largest absolute Gasteiger partial charge is 0.464 e. The molecule has 0 aliphatic carbocycles. The lowest BCUT2D eigenvalue weighted by molar-refractivity contribution is -0.133. The van der Waals surface area contributed by atoms with Crippen molar-refractivity contribution in [3.05, 3.63) is 94.4 Å². The molecule has 0 saturated carbocycles. The fourth-order valence-electron chi connectivity index (χ4n) is 4.72. The van der Waals surface area contributed by atoms with Crippen LogP contribution in [-0.4, -0.2) is 48.1 Å². The van der Waals surface area contributed by atoms with E-state index < -0.39 is 0 Å². The van der Waals surface area contributed by atoms with Crippen LogP contribution in [0.2, 0.25) is 0 Å². The molecule has 1 unspecified atom stereocenters. The minimum absolute atomic E-state index is 0.123. The molecule has 1 amide bonds. The van der Waals surface area contributed by atoms with E-state index in [9.17, 15) is 4.79 Å². The fraction of sp³-hybridized carbons (Fsp3) is 0.433. The molecule has 3 aromatic rings. The summed E-state index contributed by atoms with van der Waals surface area (Å²) in [4.78, 5) is 17.9. The number of benzene rings is 2. The van der Waals surface area contributed by atoms with Crippen LogP contribution < -0.4 is 0 Å². The van der Waals surface area contributed by atoms with Crippen LogP contribution in [0.15, 0.2) is 65.1 Å². The van der Waals surface area contributed by atoms with Gasteiger partial charge in [0.15, 0.2) is 0 Å². The molecular weight excluding hydrogens is 436 g/mol. The van der Waals surface area contributed by atoms with Gasteiger partial charge in [0.25, 0.3) is 0 Å². The molecule has 0 spiro atoms.